The summed E-state index contributed by atoms with van der Waals surface area (Å²) in [6.45, 7) is 4.01. The molecule has 2 bridgehead atoms. The first-order valence-corrected chi connectivity index (χ1v) is 30.4. The molecular weight excluding hydrogens is 1130 g/mol. The summed E-state index contributed by atoms with van der Waals surface area (Å²) in [7, 11) is 3.57. The predicted octanol–water partition coefficient (Wildman–Crippen LogP) is -7.09. The van der Waals surface area contributed by atoms with Crippen LogP contribution in [0.3, 0.4) is 0 Å². The largest absolute Gasteiger partial charge is 0.481 e. The number of carbonyl (C=O) groups is 13. The van der Waals surface area contributed by atoms with Crippen molar-refractivity contribution in [1.29, 1.82) is 0 Å². The van der Waals surface area contributed by atoms with Crippen LogP contribution in [0.5, 0.6) is 0 Å². The van der Waals surface area contributed by atoms with Gasteiger partial charge < -0.3 is 91.2 Å². The van der Waals surface area contributed by atoms with Gasteiger partial charge in [0.25, 0.3) is 0 Å². The summed E-state index contributed by atoms with van der Waals surface area (Å²) in [5.41, 5.74) is 22.2. The molecule has 0 aliphatic carbocycles. The Morgan fingerprint density at radius 1 is 0.700 bits per heavy atom. The summed E-state index contributed by atoms with van der Waals surface area (Å²) in [5.74, 6) is -15.9. The van der Waals surface area contributed by atoms with Crippen molar-refractivity contribution < 1.29 is 72.5 Å². The average Bonchev–Trinajstić information content (AvgIpc) is 3.91. The topological polar surface area (TPSA) is 502 Å². The first-order valence-electron chi connectivity index (χ1n) is 25.5. The highest BCUT2D eigenvalue weighted by Gasteiger charge is 2.42. The van der Waals surface area contributed by atoms with Crippen LogP contribution in [-0.4, -0.2) is 214 Å². The third-order valence-corrected chi connectivity index (χ3v) is 17.4. The highest BCUT2D eigenvalue weighted by atomic mass is 33.1. The fraction of sp³-hybridized carbons (Fsp3) is 0.689. The monoisotopic (exact) mass is 1210 g/mol. The van der Waals surface area contributed by atoms with Crippen LogP contribution >= 0.6 is 43.2 Å². The third kappa shape index (κ3) is 22.0. The number of aliphatic imine (C=N–C) groups is 1. The molecule has 31 nitrogen and oxygen atoms in total. The number of amides is 12. The fourth-order valence-corrected chi connectivity index (χ4v) is 12.6. The van der Waals surface area contributed by atoms with E-state index in [1.165, 1.54) is 0 Å². The van der Waals surface area contributed by atoms with E-state index in [0.717, 1.165) is 48.1 Å². The molecule has 20 N–H and O–H groups in total. The number of carboxylic acids is 1. The van der Waals surface area contributed by atoms with Crippen LogP contribution in [0.2, 0.25) is 0 Å². The minimum Gasteiger partial charge on any atom is -0.481 e. The van der Waals surface area contributed by atoms with Crippen LogP contribution in [-0.2, 0) is 62.3 Å². The van der Waals surface area contributed by atoms with E-state index in [2.05, 4.69) is 58.2 Å². The van der Waals surface area contributed by atoms with Crippen molar-refractivity contribution in [2.45, 2.75) is 127 Å². The van der Waals surface area contributed by atoms with Gasteiger partial charge in [-0.2, -0.15) is 0 Å². The molecule has 12 amide bonds. The summed E-state index contributed by atoms with van der Waals surface area (Å²) < 4.78 is 0. The SMILES string of the molecule is CC[C@H](C)[C@@H]1NC(=O)[C@H](C(C)C)NC(=O)[C@@H]2CSSC[C@H](NC(=O)CN)C(=O)N[C@@H](CSSC[C@@H](C(N)=O)NC(=O)CNC1=O)C(=O)N[C@@H](CO)C(=O)N[C@@H](CC(=O)O)C(=O)N1CCC[C@H]1C(=O)N[C@@H](CCCN=C(N)N)C(=O)N2. The Morgan fingerprint density at radius 3 is 1.86 bits per heavy atom. The molecule has 3 aliphatic rings. The van der Waals surface area contributed by atoms with E-state index in [9.17, 15) is 72.5 Å². The van der Waals surface area contributed by atoms with Crippen molar-refractivity contribution >= 4 is 126 Å². The standard InChI is InChI=1S/C45H74N16O15S4/c1-5-21(4)34-42(74)51-14-31(64)52-25(35(47)67)16-77-79-18-27-39(71)56-24(15-62)37(69)55-23(12-32(65)66)44(76)61-11-7-9-29(61)41(73)54-22(8-6-10-50-45(48)49)36(68)57-28(40(72)59-33(20(2)3)43(75)60-34)19-80-78-17-26(38(70)58-27)53-30(63)13-46/h20-29,33-34,62H,5-19,46H2,1-4H3,(H2,47,67)(H,51,74)(H,52,64)(H,53,63)(H,54,73)(H,55,69)(H,56,71)(H,57,68)(H,58,70)(H,59,72)(H,60,75)(H,65,66)(H4,48,49,50)/t21-,22-,23-,24-,25-,26-,27-,28-,29-,33-,34-/m0/s1. The van der Waals surface area contributed by atoms with Gasteiger partial charge in [-0.15, -0.1) is 0 Å². The third-order valence-electron chi connectivity index (χ3n) is 12.6. The number of rotatable bonds is 13. The summed E-state index contributed by atoms with van der Waals surface area (Å²) >= 11 is 0. The molecule has 0 radical (unpaired) electrons. The molecule has 35 heteroatoms. The Balaban J connectivity index is 2.30. The molecule has 3 heterocycles. The molecule has 0 saturated carbocycles. The molecule has 448 valence electrons. The van der Waals surface area contributed by atoms with Gasteiger partial charge in [0.05, 0.1) is 26.1 Å². The molecule has 3 fully saturated rings. The van der Waals surface area contributed by atoms with Crippen LogP contribution in [0.15, 0.2) is 4.99 Å². The van der Waals surface area contributed by atoms with Crippen molar-refractivity contribution in [1.82, 2.24) is 58.1 Å². The van der Waals surface area contributed by atoms with Crippen LogP contribution < -0.4 is 76.1 Å². The van der Waals surface area contributed by atoms with Crippen LogP contribution in [0.1, 0.15) is 66.2 Å². The van der Waals surface area contributed by atoms with Crippen LogP contribution in [0, 0.1) is 11.8 Å². The number of carbonyl (C=O) groups excluding carboxylic acids is 12. The van der Waals surface area contributed by atoms with E-state index in [1.807, 2.05) is 0 Å². The fourth-order valence-electron chi connectivity index (χ4n) is 7.92. The highest BCUT2D eigenvalue weighted by Crippen LogP contribution is 2.26. The summed E-state index contributed by atoms with van der Waals surface area (Å²) in [4.78, 5) is 183. The number of primary amides is 1. The quantitative estimate of drug-likeness (QED) is 0.0353. The number of nitrogens with one attached hydrogen (secondary N) is 10. The number of aliphatic hydroxyl groups excluding tert-OH is 1. The molecule has 3 aliphatic heterocycles. The molecule has 0 aromatic carbocycles. The normalized spacial score (nSPS) is 27.7. The second-order valence-electron chi connectivity index (χ2n) is 19.0. The molecule has 3 rings (SSSR count). The van der Waals surface area contributed by atoms with Crippen LogP contribution in [0.4, 0.5) is 0 Å². The maximum absolute atomic E-state index is 14.5. The van der Waals surface area contributed by atoms with E-state index in [1.54, 1.807) is 27.7 Å². The number of guanidine groups is 1. The Morgan fingerprint density at radius 2 is 1.27 bits per heavy atom. The maximum atomic E-state index is 14.5. The van der Waals surface area contributed by atoms with Crippen molar-refractivity contribution in [3.8, 4) is 0 Å². The molecular formula is C45H74N16O15S4. The highest BCUT2D eigenvalue weighted by molar-refractivity contribution is 8.77. The van der Waals surface area contributed by atoms with Crippen molar-refractivity contribution in [2.75, 3.05) is 55.8 Å². The lowest BCUT2D eigenvalue weighted by Gasteiger charge is -2.31. The Kier molecular flexibility index (Phi) is 29.0. The molecule has 0 spiro atoms. The first kappa shape index (κ1) is 68.0. The Labute approximate surface area is 476 Å². The average molecular weight is 1210 g/mol. The second-order valence-corrected chi connectivity index (χ2v) is 24.1. The van der Waals surface area contributed by atoms with E-state index >= 15 is 0 Å². The lowest BCUT2D eigenvalue weighted by Crippen LogP contribution is -2.61. The summed E-state index contributed by atoms with van der Waals surface area (Å²) in [6, 6.07) is -15.4. The van der Waals surface area contributed by atoms with Crippen molar-refractivity contribution in [3.05, 3.63) is 0 Å². The van der Waals surface area contributed by atoms with Crippen LogP contribution in [0.25, 0.3) is 0 Å². The van der Waals surface area contributed by atoms with Gasteiger partial charge in [-0.1, -0.05) is 77.3 Å². The van der Waals surface area contributed by atoms with Crippen molar-refractivity contribution in [2.24, 2.45) is 39.8 Å². The van der Waals surface area contributed by atoms with Gasteiger partial charge in [0, 0.05) is 36.1 Å². The smallest absolute Gasteiger partial charge is 0.305 e. The van der Waals surface area contributed by atoms with Gasteiger partial charge in [-0.3, -0.25) is 67.3 Å². The van der Waals surface area contributed by atoms with E-state index in [-0.39, 0.29) is 67.7 Å². The van der Waals surface area contributed by atoms with Gasteiger partial charge in [0.2, 0.25) is 70.9 Å². The number of aliphatic carboxylic acids is 1. The zero-order valence-electron chi connectivity index (χ0n) is 44.6. The van der Waals surface area contributed by atoms with E-state index in [0.29, 0.717) is 6.42 Å². The maximum Gasteiger partial charge on any atom is 0.305 e. The van der Waals surface area contributed by atoms with Gasteiger partial charge in [0.15, 0.2) is 5.96 Å². The number of fused-ring (bicyclic) bond motifs is 9. The molecule has 0 aromatic rings. The first-order chi connectivity index (χ1) is 37.8. The number of carboxylic acid groups (broad SMARTS) is 1. The van der Waals surface area contributed by atoms with Crippen molar-refractivity contribution in [3.63, 3.8) is 0 Å². The molecule has 3 saturated heterocycles. The minimum atomic E-state index is -1.91. The second kappa shape index (κ2) is 34.1. The minimum absolute atomic E-state index is 0.00797. The zero-order chi connectivity index (χ0) is 59.8. The molecule has 11 atom stereocenters. The number of nitrogens with two attached hydrogens (primary N) is 4. The van der Waals surface area contributed by atoms with Gasteiger partial charge in [-0.05, 0) is 37.5 Å². The molecule has 0 unspecified atom stereocenters. The van der Waals surface area contributed by atoms with E-state index in [4.69, 9.17) is 22.9 Å². The number of nitrogens with zero attached hydrogens (tertiary/aromatic N) is 2. The number of aliphatic hydroxyl groups is 1. The predicted molar refractivity (Wildman–Crippen MR) is 297 cm³/mol. The molecule has 0 aromatic heterocycles. The Hall–Kier alpha value is -6.30. The summed E-state index contributed by atoms with van der Waals surface area (Å²) in [6.07, 6.45) is -0.581. The van der Waals surface area contributed by atoms with E-state index < -0.39 is 175 Å². The summed E-state index contributed by atoms with van der Waals surface area (Å²) in [5, 5.41) is 45.1. The Bertz CT molecular complexity index is 2300. The molecule has 80 heavy (non-hydrogen) atoms. The van der Waals surface area contributed by atoms with Gasteiger partial charge in [0.1, 0.15) is 60.4 Å². The van der Waals surface area contributed by atoms with Gasteiger partial charge in [-0.25, -0.2) is 0 Å². The lowest BCUT2D eigenvalue weighted by molar-refractivity contribution is -0.146. The van der Waals surface area contributed by atoms with Gasteiger partial charge >= 0.3 is 5.97 Å². The zero-order valence-corrected chi connectivity index (χ0v) is 47.8. The lowest BCUT2D eigenvalue weighted by atomic mass is 9.96. The number of hydrogen-bond donors (Lipinski definition) is 16. The number of hydrogen-bond acceptors (Lipinski definition) is 20.